The molecule has 0 spiro atoms. The summed E-state index contributed by atoms with van der Waals surface area (Å²) in [5.74, 6) is -0.121. The predicted octanol–water partition coefficient (Wildman–Crippen LogP) is 2.93. The van der Waals surface area contributed by atoms with Crippen molar-refractivity contribution >= 4 is 34.8 Å². The number of primary amides is 1. The number of carbonyl (C=O) groups excluding carboxylic acids is 2. The van der Waals surface area contributed by atoms with Crippen LogP contribution in [0.1, 0.15) is 31.0 Å². The standard InChI is InChI=1S/C18H22ClN3O3S/c1-3-11(2)17(18(20)24)22-15(23)8-13-10-26-16(21-13)9-25-14-6-4-12(19)5-7-14/h4-7,10-11,17H,3,8-9H2,1-2H3,(H2,20,24)(H,22,23). The minimum atomic E-state index is -0.668. The second-order valence-corrected chi connectivity index (χ2v) is 7.36. The zero-order valence-electron chi connectivity index (χ0n) is 14.7. The zero-order chi connectivity index (χ0) is 19.1. The maximum Gasteiger partial charge on any atom is 0.240 e. The molecule has 0 radical (unpaired) electrons. The lowest BCUT2D eigenvalue weighted by molar-refractivity contribution is -0.128. The molecule has 2 aromatic rings. The summed E-state index contributed by atoms with van der Waals surface area (Å²) in [6.45, 7) is 4.13. The molecule has 3 N–H and O–H groups in total. The van der Waals surface area contributed by atoms with Gasteiger partial charge in [0.2, 0.25) is 11.8 Å². The quantitative estimate of drug-likeness (QED) is 0.682. The molecule has 26 heavy (non-hydrogen) atoms. The van der Waals surface area contributed by atoms with Crippen LogP contribution in [-0.2, 0) is 22.6 Å². The number of nitrogens with one attached hydrogen (secondary N) is 1. The van der Waals surface area contributed by atoms with E-state index in [1.807, 2.05) is 19.2 Å². The Morgan fingerprint density at radius 3 is 2.65 bits per heavy atom. The molecule has 0 fully saturated rings. The topological polar surface area (TPSA) is 94.3 Å². The van der Waals surface area contributed by atoms with Crippen LogP contribution in [0.3, 0.4) is 0 Å². The van der Waals surface area contributed by atoms with Crippen LogP contribution in [-0.4, -0.2) is 22.8 Å². The highest BCUT2D eigenvalue weighted by atomic mass is 35.5. The fourth-order valence-corrected chi connectivity index (χ4v) is 3.12. The van der Waals surface area contributed by atoms with Gasteiger partial charge in [0, 0.05) is 10.4 Å². The normalized spacial score (nSPS) is 13.0. The third kappa shape index (κ3) is 6.00. The molecule has 2 atom stereocenters. The minimum Gasteiger partial charge on any atom is -0.486 e. The number of ether oxygens (including phenoxy) is 1. The molecule has 2 rings (SSSR count). The van der Waals surface area contributed by atoms with Crippen molar-refractivity contribution in [2.24, 2.45) is 11.7 Å². The molecule has 0 saturated carbocycles. The molecule has 0 saturated heterocycles. The average molecular weight is 396 g/mol. The van der Waals surface area contributed by atoms with Crippen molar-refractivity contribution in [3.63, 3.8) is 0 Å². The lowest BCUT2D eigenvalue weighted by atomic mass is 9.98. The van der Waals surface area contributed by atoms with Gasteiger partial charge in [0.25, 0.3) is 0 Å². The van der Waals surface area contributed by atoms with Crippen LogP contribution in [0, 0.1) is 5.92 Å². The Balaban J connectivity index is 1.87. The number of carbonyl (C=O) groups is 2. The van der Waals surface area contributed by atoms with Crippen molar-refractivity contribution in [1.82, 2.24) is 10.3 Å². The molecule has 140 valence electrons. The van der Waals surface area contributed by atoms with E-state index in [1.165, 1.54) is 11.3 Å². The first kappa shape index (κ1) is 20.2. The Morgan fingerprint density at radius 1 is 1.35 bits per heavy atom. The number of nitrogens with two attached hydrogens (primary N) is 1. The highest BCUT2D eigenvalue weighted by molar-refractivity contribution is 7.09. The first-order valence-corrected chi connectivity index (χ1v) is 9.55. The predicted molar refractivity (Wildman–Crippen MR) is 102 cm³/mol. The molecule has 8 heteroatoms. The summed E-state index contributed by atoms with van der Waals surface area (Å²) in [5, 5.41) is 5.91. The fourth-order valence-electron chi connectivity index (χ4n) is 2.29. The van der Waals surface area contributed by atoms with Gasteiger partial charge in [-0.1, -0.05) is 31.9 Å². The fraction of sp³-hybridized carbons (Fsp3) is 0.389. The van der Waals surface area contributed by atoms with Crippen molar-refractivity contribution in [3.05, 3.63) is 45.4 Å². The molecule has 0 aliphatic heterocycles. The van der Waals surface area contributed by atoms with E-state index in [1.54, 1.807) is 24.3 Å². The van der Waals surface area contributed by atoms with Crippen LogP contribution in [0.2, 0.25) is 5.02 Å². The number of nitrogens with zero attached hydrogens (tertiary/aromatic N) is 1. The number of hydrogen-bond acceptors (Lipinski definition) is 5. The summed E-state index contributed by atoms with van der Waals surface area (Å²) in [6, 6.07) is 6.40. The second kappa shape index (κ2) is 9.54. The first-order chi connectivity index (χ1) is 12.4. The number of benzene rings is 1. The third-order valence-corrected chi connectivity index (χ3v) is 5.08. The Bertz CT molecular complexity index is 748. The smallest absolute Gasteiger partial charge is 0.240 e. The maximum atomic E-state index is 12.2. The van der Waals surface area contributed by atoms with Gasteiger partial charge in [-0.15, -0.1) is 11.3 Å². The Hall–Kier alpha value is -2.12. The second-order valence-electron chi connectivity index (χ2n) is 5.99. The van der Waals surface area contributed by atoms with E-state index in [9.17, 15) is 9.59 Å². The number of rotatable bonds is 9. The highest BCUT2D eigenvalue weighted by Gasteiger charge is 2.23. The largest absolute Gasteiger partial charge is 0.486 e. The summed E-state index contributed by atoms with van der Waals surface area (Å²) < 4.78 is 5.63. The number of aromatic nitrogens is 1. The molecule has 1 heterocycles. The molecular formula is C18H22ClN3O3S. The minimum absolute atomic E-state index is 0.0183. The summed E-state index contributed by atoms with van der Waals surface area (Å²) in [7, 11) is 0. The molecule has 2 amide bonds. The number of halogens is 1. The first-order valence-electron chi connectivity index (χ1n) is 8.29. The molecule has 1 aromatic carbocycles. The Labute approximate surface area is 161 Å². The molecule has 1 aromatic heterocycles. The Kier molecular flexibility index (Phi) is 7.41. The van der Waals surface area contributed by atoms with Crippen LogP contribution in [0.15, 0.2) is 29.6 Å². The van der Waals surface area contributed by atoms with Crippen molar-refractivity contribution < 1.29 is 14.3 Å². The number of thiazole rings is 1. The zero-order valence-corrected chi connectivity index (χ0v) is 16.3. The average Bonchev–Trinajstić information content (AvgIpc) is 3.05. The van der Waals surface area contributed by atoms with Crippen LogP contribution in [0.25, 0.3) is 0 Å². The molecular weight excluding hydrogens is 374 g/mol. The van der Waals surface area contributed by atoms with E-state index in [4.69, 9.17) is 22.1 Å². The lowest BCUT2D eigenvalue weighted by Gasteiger charge is -2.20. The van der Waals surface area contributed by atoms with E-state index in [0.29, 0.717) is 23.1 Å². The van der Waals surface area contributed by atoms with Gasteiger partial charge >= 0.3 is 0 Å². The van der Waals surface area contributed by atoms with Gasteiger partial charge < -0.3 is 15.8 Å². The van der Waals surface area contributed by atoms with Crippen molar-refractivity contribution in [1.29, 1.82) is 0 Å². The molecule has 0 bridgehead atoms. The van der Waals surface area contributed by atoms with Gasteiger partial charge in [-0.05, 0) is 30.2 Å². The van der Waals surface area contributed by atoms with E-state index < -0.39 is 11.9 Å². The van der Waals surface area contributed by atoms with Crippen LogP contribution in [0.5, 0.6) is 5.75 Å². The summed E-state index contributed by atoms with van der Waals surface area (Å²) >= 11 is 7.25. The van der Waals surface area contributed by atoms with Crippen LogP contribution in [0.4, 0.5) is 0 Å². The van der Waals surface area contributed by atoms with Crippen LogP contribution >= 0.6 is 22.9 Å². The summed E-state index contributed by atoms with van der Waals surface area (Å²) in [5.41, 5.74) is 6.00. The van der Waals surface area contributed by atoms with E-state index in [2.05, 4.69) is 10.3 Å². The lowest BCUT2D eigenvalue weighted by Crippen LogP contribution is -2.48. The summed E-state index contributed by atoms with van der Waals surface area (Å²) in [6.07, 6.45) is 0.842. The highest BCUT2D eigenvalue weighted by Crippen LogP contribution is 2.18. The maximum absolute atomic E-state index is 12.2. The van der Waals surface area contributed by atoms with Crippen molar-refractivity contribution in [2.75, 3.05) is 0 Å². The molecule has 0 aliphatic rings. The van der Waals surface area contributed by atoms with Gasteiger partial charge in [-0.25, -0.2) is 4.98 Å². The molecule has 6 nitrogen and oxygen atoms in total. The van der Waals surface area contributed by atoms with Crippen molar-refractivity contribution in [2.45, 2.75) is 39.3 Å². The molecule has 0 aliphatic carbocycles. The van der Waals surface area contributed by atoms with Gasteiger partial charge in [0.15, 0.2) is 0 Å². The van der Waals surface area contributed by atoms with Gasteiger partial charge in [-0.2, -0.15) is 0 Å². The van der Waals surface area contributed by atoms with E-state index in [0.717, 1.165) is 11.4 Å². The van der Waals surface area contributed by atoms with Gasteiger partial charge in [0.1, 0.15) is 23.4 Å². The Morgan fingerprint density at radius 2 is 2.04 bits per heavy atom. The van der Waals surface area contributed by atoms with E-state index >= 15 is 0 Å². The summed E-state index contributed by atoms with van der Waals surface area (Å²) in [4.78, 5) is 28.1. The van der Waals surface area contributed by atoms with Gasteiger partial charge in [-0.3, -0.25) is 9.59 Å². The third-order valence-electron chi connectivity index (χ3n) is 3.95. The monoisotopic (exact) mass is 395 g/mol. The van der Waals surface area contributed by atoms with E-state index in [-0.39, 0.29) is 18.2 Å². The van der Waals surface area contributed by atoms with Crippen molar-refractivity contribution in [3.8, 4) is 5.75 Å². The van der Waals surface area contributed by atoms with Crippen LogP contribution < -0.4 is 15.8 Å². The number of amides is 2. The molecule has 2 unspecified atom stereocenters. The number of hydrogen-bond donors (Lipinski definition) is 2. The SMILES string of the molecule is CCC(C)C(NC(=O)Cc1csc(COc2ccc(Cl)cc2)n1)C(N)=O. The van der Waals surface area contributed by atoms with Gasteiger partial charge in [0.05, 0.1) is 12.1 Å².